The summed E-state index contributed by atoms with van der Waals surface area (Å²) in [5.41, 5.74) is 5.85. The summed E-state index contributed by atoms with van der Waals surface area (Å²) in [4.78, 5) is 0. The molecule has 0 saturated carbocycles. The molecule has 0 spiro atoms. The molecule has 3 N–H and O–H groups in total. The van der Waals surface area contributed by atoms with Crippen LogP contribution in [0.1, 0.15) is 29.9 Å². The smallest absolute Gasteiger partial charge is 0.124 e. The molecule has 1 atom stereocenters. The number of nitrogens with one attached hydrogen (secondary N) is 1. The van der Waals surface area contributed by atoms with Crippen LogP contribution in [0.15, 0.2) is 28.7 Å². The molecule has 6 heteroatoms. The van der Waals surface area contributed by atoms with E-state index in [1.807, 2.05) is 11.7 Å². The summed E-state index contributed by atoms with van der Waals surface area (Å²) in [6, 6.07) is 6.58. The number of aryl methyl sites for hydroxylation is 2. The fourth-order valence-electron chi connectivity index (χ4n) is 2.19. The molecule has 108 valence electrons. The van der Waals surface area contributed by atoms with Crippen LogP contribution in [-0.4, -0.2) is 9.78 Å². The average molecular weight is 341 g/mol. The molecule has 0 amide bonds. The van der Waals surface area contributed by atoms with E-state index in [0.717, 1.165) is 23.4 Å². The van der Waals surface area contributed by atoms with E-state index >= 15 is 0 Å². The van der Waals surface area contributed by atoms with Crippen LogP contribution in [0, 0.1) is 5.82 Å². The number of hydrogen-bond acceptors (Lipinski definition) is 3. The van der Waals surface area contributed by atoms with Crippen molar-refractivity contribution >= 4 is 15.9 Å². The van der Waals surface area contributed by atoms with Gasteiger partial charge in [0.1, 0.15) is 5.82 Å². The van der Waals surface area contributed by atoms with Crippen LogP contribution in [0.3, 0.4) is 0 Å². The van der Waals surface area contributed by atoms with Crippen molar-refractivity contribution in [2.24, 2.45) is 12.9 Å². The van der Waals surface area contributed by atoms with Gasteiger partial charge in [0.2, 0.25) is 0 Å². The van der Waals surface area contributed by atoms with Gasteiger partial charge in [0.25, 0.3) is 0 Å². The van der Waals surface area contributed by atoms with Crippen molar-refractivity contribution in [2.75, 3.05) is 0 Å². The molecule has 2 rings (SSSR count). The Morgan fingerprint density at radius 1 is 1.45 bits per heavy atom. The van der Waals surface area contributed by atoms with Crippen molar-refractivity contribution in [3.63, 3.8) is 0 Å². The molecule has 0 fully saturated rings. The Balaban J connectivity index is 2.26. The van der Waals surface area contributed by atoms with Crippen LogP contribution in [-0.2, 0) is 19.9 Å². The summed E-state index contributed by atoms with van der Waals surface area (Å²) in [6.07, 6.45) is 1.58. The van der Waals surface area contributed by atoms with Crippen LogP contribution in [0.4, 0.5) is 4.39 Å². The Labute approximate surface area is 126 Å². The number of nitrogens with zero attached hydrogens (tertiary/aromatic N) is 2. The van der Waals surface area contributed by atoms with E-state index in [2.05, 4.69) is 39.4 Å². The molecule has 4 nitrogen and oxygen atoms in total. The first-order valence-electron chi connectivity index (χ1n) is 6.48. The first-order chi connectivity index (χ1) is 9.55. The maximum absolute atomic E-state index is 13.2. The predicted molar refractivity (Wildman–Crippen MR) is 80.5 cm³/mol. The second kappa shape index (κ2) is 6.47. The minimum atomic E-state index is -0.273. The number of hydrazine groups is 1. The summed E-state index contributed by atoms with van der Waals surface area (Å²) in [6.45, 7) is 2.07. The highest BCUT2D eigenvalue weighted by Gasteiger charge is 2.16. The third-order valence-electron chi connectivity index (χ3n) is 3.34. The second-order valence-corrected chi connectivity index (χ2v) is 5.55. The molecule has 20 heavy (non-hydrogen) atoms. The van der Waals surface area contributed by atoms with Crippen LogP contribution in [0.2, 0.25) is 0 Å². The lowest BCUT2D eigenvalue weighted by atomic mass is 10.0. The fourth-order valence-corrected chi connectivity index (χ4v) is 2.81. The van der Waals surface area contributed by atoms with Crippen molar-refractivity contribution in [1.29, 1.82) is 0 Å². The number of hydrogen-bond donors (Lipinski definition) is 2. The molecule has 1 unspecified atom stereocenters. The van der Waals surface area contributed by atoms with Gasteiger partial charge in [0.15, 0.2) is 0 Å². The van der Waals surface area contributed by atoms with E-state index in [1.165, 1.54) is 12.1 Å². The number of aromatic nitrogens is 2. The Hall–Kier alpha value is -1.24. The molecule has 1 aromatic carbocycles. The molecule has 0 aliphatic heterocycles. The van der Waals surface area contributed by atoms with Gasteiger partial charge in [-0.15, -0.1) is 0 Å². The maximum Gasteiger partial charge on any atom is 0.124 e. The lowest BCUT2D eigenvalue weighted by Gasteiger charge is -2.18. The van der Waals surface area contributed by atoms with Crippen molar-refractivity contribution in [1.82, 2.24) is 15.2 Å². The Morgan fingerprint density at radius 3 is 2.75 bits per heavy atom. The third kappa shape index (κ3) is 3.26. The van der Waals surface area contributed by atoms with Gasteiger partial charge in [0, 0.05) is 23.6 Å². The molecule has 2 aromatic rings. The van der Waals surface area contributed by atoms with Crippen LogP contribution >= 0.6 is 15.9 Å². The molecule has 0 radical (unpaired) electrons. The van der Waals surface area contributed by atoms with Crippen molar-refractivity contribution in [2.45, 2.75) is 25.8 Å². The van der Waals surface area contributed by atoms with Crippen molar-refractivity contribution < 1.29 is 4.39 Å². The van der Waals surface area contributed by atoms with Gasteiger partial charge in [-0.05, 0) is 30.2 Å². The Morgan fingerprint density at radius 2 is 2.20 bits per heavy atom. The van der Waals surface area contributed by atoms with Gasteiger partial charge in [-0.2, -0.15) is 5.10 Å². The molecular formula is C14H18BrFN4. The van der Waals surface area contributed by atoms with Crippen LogP contribution in [0.25, 0.3) is 0 Å². The topological polar surface area (TPSA) is 55.9 Å². The van der Waals surface area contributed by atoms with E-state index in [1.54, 1.807) is 6.07 Å². The largest absolute Gasteiger partial charge is 0.272 e. The van der Waals surface area contributed by atoms with Gasteiger partial charge in [-0.1, -0.05) is 28.9 Å². The first kappa shape index (κ1) is 15.2. The highest BCUT2D eigenvalue weighted by atomic mass is 79.9. The summed E-state index contributed by atoms with van der Waals surface area (Å²) >= 11 is 3.38. The zero-order chi connectivity index (χ0) is 14.7. The summed E-state index contributed by atoms with van der Waals surface area (Å²) in [5, 5.41) is 4.42. The van der Waals surface area contributed by atoms with E-state index in [-0.39, 0.29) is 11.9 Å². The van der Waals surface area contributed by atoms with E-state index in [0.29, 0.717) is 10.9 Å². The maximum atomic E-state index is 13.2. The Bertz CT molecular complexity index is 597. The molecule has 0 aliphatic carbocycles. The van der Waals surface area contributed by atoms with Gasteiger partial charge in [-0.25, -0.2) is 4.39 Å². The number of benzene rings is 1. The zero-order valence-corrected chi connectivity index (χ0v) is 13.1. The van der Waals surface area contributed by atoms with Gasteiger partial charge < -0.3 is 0 Å². The van der Waals surface area contributed by atoms with Crippen molar-refractivity contribution in [3.05, 3.63) is 51.5 Å². The third-order valence-corrected chi connectivity index (χ3v) is 4.03. The normalized spacial score (nSPS) is 12.7. The lowest BCUT2D eigenvalue weighted by molar-refractivity contribution is 0.526. The molecule has 1 aromatic heterocycles. The summed E-state index contributed by atoms with van der Waals surface area (Å²) < 4.78 is 15.7. The molecule has 0 aliphatic rings. The quantitative estimate of drug-likeness (QED) is 0.649. The number of nitrogens with two attached hydrogens (primary N) is 1. The average Bonchev–Trinajstić information content (AvgIpc) is 2.77. The standard InChI is InChI=1S/C14H18BrFN4/c1-3-10-7-11(20(2)19-10)8-14(18-17)12-5-4-9(16)6-13(12)15/h4-7,14,18H,3,8,17H2,1-2H3. The molecular weight excluding hydrogens is 323 g/mol. The molecule has 0 saturated heterocycles. The van der Waals surface area contributed by atoms with E-state index in [4.69, 9.17) is 5.84 Å². The van der Waals surface area contributed by atoms with Crippen LogP contribution < -0.4 is 11.3 Å². The minimum absolute atomic E-state index is 0.106. The number of rotatable bonds is 5. The van der Waals surface area contributed by atoms with E-state index < -0.39 is 0 Å². The summed E-state index contributed by atoms with van der Waals surface area (Å²) in [7, 11) is 1.92. The monoisotopic (exact) mass is 340 g/mol. The van der Waals surface area contributed by atoms with Gasteiger partial charge in [-0.3, -0.25) is 16.0 Å². The van der Waals surface area contributed by atoms with Gasteiger partial charge >= 0.3 is 0 Å². The zero-order valence-electron chi connectivity index (χ0n) is 11.5. The molecule has 0 bridgehead atoms. The molecule has 1 heterocycles. The second-order valence-electron chi connectivity index (χ2n) is 4.69. The van der Waals surface area contributed by atoms with Crippen LogP contribution in [0.5, 0.6) is 0 Å². The minimum Gasteiger partial charge on any atom is -0.272 e. The highest BCUT2D eigenvalue weighted by Crippen LogP contribution is 2.26. The van der Waals surface area contributed by atoms with Crippen molar-refractivity contribution in [3.8, 4) is 0 Å². The SMILES string of the molecule is CCc1cc(CC(NN)c2ccc(F)cc2Br)n(C)n1. The first-order valence-corrected chi connectivity index (χ1v) is 7.27. The Kier molecular flexibility index (Phi) is 4.91. The summed E-state index contributed by atoms with van der Waals surface area (Å²) in [5.74, 6) is 5.38. The fraction of sp³-hybridized carbons (Fsp3) is 0.357. The number of halogens is 2. The lowest BCUT2D eigenvalue weighted by Crippen LogP contribution is -2.30. The predicted octanol–water partition coefficient (Wildman–Crippen LogP) is 2.63. The highest BCUT2D eigenvalue weighted by molar-refractivity contribution is 9.10. The van der Waals surface area contributed by atoms with E-state index in [9.17, 15) is 4.39 Å². The van der Waals surface area contributed by atoms with Gasteiger partial charge in [0.05, 0.1) is 11.7 Å².